The number of carbonyl (C=O) groups excluding carboxylic acids is 1. The molecule has 0 radical (unpaired) electrons. The lowest BCUT2D eigenvalue weighted by Crippen LogP contribution is -2.26. The van der Waals surface area contributed by atoms with Gasteiger partial charge < -0.3 is 9.47 Å². The quantitative estimate of drug-likeness (QED) is 0.613. The van der Waals surface area contributed by atoms with Gasteiger partial charge in [0.2, 0.25) is 0 Å². The highest BCUT2D eigenvalue weighted by Gasteiger charge is 2.19. The fourth-order valence-electron chi connectivity index (χ4n) is 1.31. The standard InChI is InChI=1S/C14H16O3.C2H6/c1-6-14(3,4)17-13-9-11(16-5)7-8-12(13)10(2)15;1-2/h1,7-9H,2-5H3;1-2H3. The third kappa shape index (κ3) is 5.05. The lowest BCUT2D eigenvalue weighted by molar-refractivity contribution is 0.100. The molecule has 104 valence electrons. The fourth-order valence-corrected chi connectivity index (χ4v) is 1.31. The monoisotopic (exact) mass is 262 g/mol. The normalized spacial score (nSPS) is 9.74. The van der Waals surface area contributed by atoms with Gasteiger partial charge >= 0.3 is 0 Å². The third-order valence-corrected chi connectivity index (χ3v) is 2.28. The second-order valence-electron chi connectivity index (χ2n) is 4.17. The Morgan fingerprint density at radius 2 is 1.89 bits per heavy atom. The van der Waals surface area contributed by atoms with Crippen molar-refractivity contribution < 1.29 is 14.3 Å². The van der Waals surface area contributed by atoms with Crippen LogP contribution in [0.25, 0.3) is 0 Å². The summed E-state index contributed by atoms with van der Waals surface area (Å²) in [5, 5.41) is 0. The molecule has 0 saturated heterocycles. The number of carbonyl (C=O) groups is 1. The van der Waals surface area contributed by atoms with Gasteiger partial charge in [-0.15, -0.1) is 6.42 Å². The highest BCUT2D eigenvalue weighted by atomic mass is 16.5. The lowest BCUT2D eigenvalue weighted by atomic mass is 10.1. The van der Waals surface area contributed by atoms with Crippen LogP contribution in [-0.4, -0.2) is 18.5 Å². The van der Waals surface area contributed by atoms with E-state index in [4.69, 9.17) is 15.9 Å². The minimum Gasteiger partial charge on any atom is -0.497 e. The van der Waals surface area contributed by atoms with E-state index in [2.05, 4.69) is 5.92 Å². The largest absolute Gasteiger partial charge is 0.497 e. The van der Waals surface area contributed by atoms with Crippen molar-refractivity contribution in [2.75, 3.05) is 7.11 Å². The Morgan fingerprint density at radius 3 is 2.32 bits per heavy atom. The van der Waals surface area contributed by atoms with Crippen molar-refractivity contribution in [1.82, 2.24) is 0 Å². The van der Waals surface area contributed by atoms with Crippen molar-refractivity contribution in [2.45, 2.75) is 40.2 Å². The molecule has 3 nitrogen and oxygen atoms in total. The predicted molar refractivity (Wildman–Crippen MR) is 77.9 cm³/mol. The summed E-state index contributed by atoms with van der Waals surface area (Å²) in [5.74, 6) is 3.51. The van der Waals surface area contributed by atoms with Crippen LogP contribution >= 0.6 is 0 Å². The van der Waals surface area contributed by atoms with Gasteiger partial charge in [-0.05, 0) is 32.9 Å². The smallest absolute Gasteiger partial charge is 0.163 e. The predicted octanol–water partition coefficient (Wildman–Crippen LogP) is 3.71. The van der Waals surface area contributed by atoms with Crippen LogP contribution in [-0.2, 0) is 0 Å². The van der Waals surface area contributed by atoms with E-state index >= 15 is 0 Å². The molecule has 0 atom stereocenters. The summed E-state index contributed by atoms with van der Waals surface area (Å²) in [7, 11) is 1.55. The van der Waals surface area contributed by atoms with Crippen LogP contribution in [0.1, 0.15) is 45.0 Å². The first-order valence-electron chi connectivity index (χ1n) is 6.25. The second-order valence-corrected chi connectivity index (χ2v) is 4.17. The summed E-state index contributed by atoms with van der Waals surface area (Å²) < 4.78 is 10.7. The minimum atomic E-state index is -0.767. The molecule has 0 fully saturated rings. The summed E-state index contributed by atoms with van der Waals surface area (Å²) >= 11 is 0. The van der Waals surface area contributed by atoms with Crippen LogP contribution in [0.3, 0.4) is 0 Å². The first-order chi connectivity index (χ1) is 8.89. The molecule has 19 heavy (non-hydrogen) atoms. The fraction of sp³-hybridized carbons (Fsp3) is 0.438. The molecule has 0 aliphatic rings. The Bertz CT molecular complexity index is 467. The number of benzene rings is 1. The number of Topliss-reactive ketones (excluding diaryl/α,β-unsaturated/α-hetero) is 1. The summed E-state index contributed by atoms with van der Waals surface area (Å²) in [4.78, 5) is 11.5. The number of ether oxygens (including phenoxy) is 2. The number of methoxy groups -OCH3 is 1. The van der Waals surface area contributed by atoms with Gasteiger partial charge in [0, 0.05) is 6.07 Å². The van der Waals surface area contributed by atoms with Gasteiger partial charge in [-0.3, -0.25) is 4.79 Å². The number of hydrogen-bond donors (Lipinski definition) is 0. The van der Waals surface area contributed by atoms with Gasteiger partial charge in [0.05, 0.1) is 12.7 Å². The SMILES string of the molecule is C#CC(C)(C)Oc1cc(OC)ccc1C(C)=O.CC. The van der Waals surface area contributed by atoms with E-state index in [1.807, 2.05) is 13.8 Å². The number of terminal acetylenes is 1. The molecule has 0 amide bonds. The van der Waals surface area contributed by atoms with Crippen LogP contribution in [0.4, 0.5) is 0 Å². The topological polar surface area (TPSA) is 35.5 Å². The summed E-state index contributed by atoms with van der Waals surface area (Å²) in [6.07, 6.45) is 5.36. The number of hydrogen-bond acceptors (Lipinski definition) is 3. The summed E-state index contributed by atoms with van der Waals surface area (Å²) in [6, 6.07) is 5.05. The molecule has 0 aliphatic heterocycles. The van der Waals surface area contributed by atoms with E-state index in [0.29, 0.717) is 17.1 Å². The Kier molecular flexibility index (Phi) is 6.71. The van der Waals surface area contributed by atoms with Gasteiger partial charge in [0.1, 0.15) is 11.5 Å². The minimum absolute atomic E-state index is 0.0736. The average Bonchev–Trinajstić information content (AvgIpc) is 2.40. The maximum absolute atomic E-state index is 11.5. The molecular weight excluding hydrogens is 240 g/mol. The maximum atomic E-state index is 11.5. The molecule has 3 heteroatoms. The van der Waals surface area contributed by atoms with Gasteiger partial charge in [-0.2, -0.15) is 0 Å². The van der Waals surface area contributed by atoms with Crippen molar-refractivity contribution in [3.8, 4) is 23.8 Å². The molecule has 0 spiro atoms. The molecule has 0 bridgehead atoms. The molecule has 0 heterocycles. The zero-order chi connectivity index (χ0) is 15.1. The zero-order valence-electron chi connectivity index (χ0n) is 12.5. The Labute approximate surface area is 115 Å². The molecule has 0 saturated carbocycles. The van der Waals surface area contributed by atoms with Gasteiger partial charge in [-0.25, -0.2) is 0 Å². The Hall–Kier alpha value is -1.95. The molecule has 0 aromatic heterocycles. The second kappa shape index (κ2) is 7.48. The van der Waals surface area contributed by atoms with E-state index in [-0.39, 0.29) is 5.78 Å². The molecular formula is C16H22O3. The first kappa shape index (κ1) is 17.1. The Balaban J connectivity index is 0.00000154. The summed E-state index contributed by atoms with van der Waals surface area (Å²) in [5.41, 5.74) is -0.273. The molecule has 0 N–H and O–H groups in total. The van der Waals surface area contributed by atoms with E-state index in [9.17, 15) is 4.79 Å². The van der Waals surface area contributed by atoms with Crippen molar-refractivity contribution in [3.63, 3.8) is 0 Å². The van der Waals surface area contributed by atoms with Crippen LogP contribution < -0.4 is 9.47 Å². The number of rotatable bonds is 4. The third-order valence-electron chi connectivity index (χ3n) is 2.28. The highest BCUT2D eigenvalue weighted by molar-refractivity contribution is 5.97. The van der Waals surface area contributed by atoms with E-state index < -0.39 is 5.60 Å². The molecule has 1 aromatic rings. The average molecular weight is 262 g/mol. The summed E-state index contributed by atoms with van der Waals surface area (Å²) in [6.45, 7) is 9.00. The van der Waals surface area contributed by atoms with Crippen molar-refractivity contribution >= 4 is 5.78 Å². The molecule has 0 aliphatic carbocycles. The van der Waals surface area contributed by atoms with Crippen LogP contribution in [0.15, 0.2) is 18.2 Å². The molecule has 1 rings (SSSR count). The van der Waals surface area contributed by atoms with E-state index in [1.54, 1.807) is 39.2 Å². The Morgan fingerprint density at radius 1 is 1.32 bits per heavy atom. The first-order valence-corrected chi connectivity index (χ1v) is 6.25. The lowest BCUT2D eigenvalue weighted by Gasteiger charge is -2.22. The highest BCUT2D eigenvalue weighted by Crippen LogP contribution is 2.28. The van der Waals surface area contributed by atoms with Crippen LogP contribution in [0, 0.1) is 12.3 Å². The molecule has 0 unspecified atom stereocenters. The van der Waals surface area contributed by atoms with E-state index in [0.717, 1.165) is 0 Å². The maximum Gasteiger partial charge on any atom is 0.163 e. The zero-order valence-corrected chi connectivity index (χ0v) is 12.5. The van der Waals surface area contributed by atoms with Crippen molar-refractivity contribution in [3.05, 3.63) is 23.8 Å². The van der Waals surface area contributed by atoms with Crippen molar-refractivity contribution in [2.24, 2.45) is 0 Å². The van der Waals surface area contributed by atoms with Gasteiger partial charge in [0.25, 0.3) is 0 Å². The number of ketones is 1. The van der Waals surface area contributed by atoms with Gasteiger partial charge in [-0.1, -0.05) is 19.8 Å². The van der Waals surface area contributed by atoms with Crippen LogP contribution in [0.2, 0.25) is 0 Å². The van der Waals surface area contributed by atoms with E-state index in [1.165, 1.54) is 6.92 Å². The van der Waals surface area contributed by atoms with Gasteiger partial charge in [0.15, 0.2) is 11.4 Å². The van der Waals surface area contributed by atoms with Crippen LogP contribution in [0.5, 0.6) is 11.5 Å². The van der Waals surface area contributed by atoms with Crippen molar-refractivity contribution in [1.29, 1.82) is 0 Å². The molecule has 1 aromatic carbocycles.